The number of anilines is 1. The Labute approximate surface area is 139 Å². The van der Waals surface area contributed by atoms with Crippen molar-refractivity contribution in [2.24, 2.45) is 0 Å². The van der Waals surface area contributed by atoms with Gasteiger partial charge < -0.3 is 9.47 Å². The molecule has 1 aliphatic carbocycles. The zero-order valence-corrected chi connectivity index (χ0v) is 14.2. The lowest BCUT2D eigenvalue weighted by molar-refractivity contribution is 0.187. The number of nitrogens with one attached hydrogen (secondary N) is 1. The van der Waals surface area contributed by atoms with Gasteiger partial charge in [-0.2, -0.15) is 0 Å². The van der Waals surface area contributed by atoms with Gasteiger partial charge in [-0.05, 0) is 56.4 Å². The number of benzene rings is 1. The molecule has 122 valence electrons. The lowest BCUT2D eigenvalue weighted by Crippen LogP contribution is -2.11. The summed E-state index contributed by atoms with van der Waals surface area (Å²) >= 11 is 1.76. The number of aryl methyl sites for hydroxylation is 3. The molecular formula is C17H20N2O3S. The van der Waals surface area contributed by atoms with Crippen molar-refractivity contribution >= 4 is 23.1 Å². The molecule has 1 N–H and O–H groups in total. The molecule has 0 saturated carbocycles. The van der Waals surface area contributed by atoms with Crippen molar-refractivity contribution < 1.29 is 14.3 Å². The summed E-state index contributed by atoms with van der Waals surface area (Å²) in [7, 11) is 1.34. The summed E-state index contributed by atoms with van der Waals surface area (Å²) in [6, 6.07) is 5.55. The molecule has 23 heavy (non-hydrogen) atoms. The first-order chi connectivity index (χ1) is 11.2. The zero-order valence-electron chi connectivity index (χ0n) is 13.3. The summed E-state index contributed by atoms with van der Waals surface area (Å²) in [6.07, 6.45) is 4.28. The molecule has 0 spiro atoms. The van der Waals surface area contributed by atoms with Crippen LogP contribution < -0.4 is 10.1 Å². The van der Waals surface area contributed by atoms with Crippen molar-refractivity contribution in [3.05, 3.63) is 39.3 Å². The van der Waals surface area contributed by atoms with Crippen LogP contribution in [-0.2, 0) is 24.2 Å². The van der Waals surface area contributed by atoms with Crippen molar-refractivity contribution in [2.75, 3.05) is 12.4 Å². The Hall–Kier alpha value is -2.08. The Kier molecular flexibility index (Phi) is 4.81. The number of rotatable bonds is 4. The van der Waals surface area contributed by atoms with Crippen molar-refractivity contribution in [3.63, 3.8) is 0 Å². The fourth-order valence-corrected chi connectivity index (χ4v) is 3.71. The van der Waals surface area contributed by atoms with Crippen LogP contribution in [0, 0.1) is 6.92 Å². The van der Waals surface area contributed by atoms with Crippen LogP contribution in [0.15, 0.2) is 18.2 Å². The monoisotopic (exact) mass is 332 g/mol. The second-order valence-electron chi connectivity index (χ2n) is 5.57. The van der Waals surface area contributed by atoms with Gasteiger partial charge in [0.25, 0.3) is 0 Å². The van der Waals surface area contributed by atoms with Crippen LogP contribution in [0.1, 0.15) is 34.0 Å². The molecule has 0 saturated heterocycles. The molecule has 0 radical (unpaired) electrons. The normalized spacial score (nSPS) is 13.3. The van der Waals surface area contributed by atoms with E-state index in [9.17, 15) is 4.79 Å². The van der Waals surface area contributed by atoms with Crippen LogP contribution in [0.3, 0.4) is 0 Å². The first-order valence-electron chi connectivity index (χ1n) is 7.71. The topological polar surface area (TPSA) is 60.5 Å². The van der Waals surface area contributed by atoms with E-state index in [1.54, 1.807) is 11.3 Å². The van der Waals surface area contributed by atoms with Gasteiger partial charge in [-0.1, -0.05) is 0 Å². The molecule has 5 nitrogen and oxygen atoms in total. The second-order valence-corrected chi connectivity index (χ2v) is 6.73. The largest absolute Gasteiger partial charge is 0.486 e. The Balaban J connectivity index is 1.63. The number of hydrogen-bond donors (Lipinski definition) is 1. The number of aromatic nitrogens is 1. The minimum absolute atomic E-state index is 0.477. The van der Waals surface area contributed by atoms with Gasteiger partial charge in [0, 0.05) is 10.6 Å². The molecule has 0 unspecified atom stereocenters. The highest BCUT2D eigenvalue weighted by molar-refractivity contribution is 7.11. The fourth-order valence-electron chi connectivity index (χ4n) is 2.64. The van der Waals surface area contributed by atoms with Gasteiger partial charge in [-0.15, -0.1) is 11.3 Å². The maximum atomic E-state index is 11.3. The number of amides is 1. The number of nitrogens with zero attached hydrogens (tertiary/aromatic N) is 1. The molecule has 0 bridgehead atoms. The van der Waals surface area contributed by atoms with Crippen molar-refractivity contribution in [2.45, 2.75) is 39.2 Å². The molecule has 1 aromatic carbocycles. The molecule has 1 aliphatic rings. The third-order valence-corrected chi connectivity index (χ3v) is 5.00. The SMILES string of the molecule is COC(=O)Nc1ccc(OCc2nc3c(s2)CCCC3)cc1C. The van der Waals surface area contributed by atoms with E-state index in [0.29, 0.717) is 12.3 Å². The van der Waals surface area contributed by atoms with Crippen LogP contribution in [-0.4, -0.2) is 18.2 Å². The minimum Gasteiger partial charge on any atom is -0.486 e. The van der Waals surface area contributed by atoms with E-state index in [-0.39, 0.29) is 0 Å². The van der Waals surface area contributed by atoms with E-state index in [1.165, 1.54) is 30.5 Å². The van der Waals surface area contributed by atoms with Gasteiger partial charge in [0.05, 0.1) is 12.8 Å². The summed E-state index contributed by atoms with van der Waals surface area (Å²) in [5, 5.41) is 3.70. The molecule has 1 heterocycles. The van der Waals surface area contributed by atoms with Crippen molar-refractivity contribution in [1.29, 1.82) is 0 Å². The molecule has 6 heteroatoms. The molecule has 1 aromatic heterocycles. The van der Waals surface area contributed by atoms with E-state index in [0.717, 1.165) is 29.2 Å². The van der Waals surface area contributed by atoms with Crippen LogP contribution in [0.25, 0.3) is 0 Å². The van der Waals surface area contributed by atoms with Gasteiger partial charge in [-0.3, -0.25) is 5.32 Å². The fraction of sp³-hybridized carbons (Fsp3) is 0.412. The first-order valence-corrected chi connectivity index (χ1v) is 8.53. The smallest absolute Gasteiger partial charge is 0.411 e. The molecule has 0 fully saturated rings. The van der Waals surface area contributed by atoms with Crippen LogP contribution in [0.5, 0.6) is 5.75 Å². The number of fused-ring (bicyclic) bond motifs is 1. The quantitative estimate of drug-likeness (QED) is 0.916. The molecular weight excluding hydrogens is 312 g/mol. The van der Waals surface area contributed by atoms with E-state index >= 15 is 0 Å². The summed E-state index contributed by atoms with van der Waals surface area (Å²) in [4.78, 5) is 17.4. The molecule has 2 aromatic rings. The predicted molar refractivity (Wildman–Crippen MR) is 90.3 cm³/mol. The molecule has 0 aliphatic heterocycles. The van der Waals surface area contributed by atoms with Crippen LogP contribution >= 0.6 is 11.3 Å². The van der Waals surface area contributed by atoms with Gasteiger partial charge in [0.1, 0.15) is 17.4 Å². The van der Waals surface area contributed by atoms with E-state index in [1.807, 2.05) is 25.1 Å². The average Bonchev–Trinajstić information content (AvgIpc) is 2.98. The van der Waals surface area contributed by atoms with E-state index < -0.39 is 6.09 Å². The highest BCUT2D eigenvalue weighted by Gasteiger charge is 2.15. The molecule has 1 amide bonds. The predicted octanol–water partition coefficient (Wildman–Crippen LogP) is 4.09. The lowest BCUT2D eigenvalue weighted by Gasteiger charge is -2.10. The standard InChI is InChI=1S/C17H20N2O3S/c1-11-9-12(7-8-13(11)19-17(20)21-2)22-10-16-18-14-5-3-4-6-15(14)23-16/h7-9H,3-6,10H2,1-2H3,(H,19,20). The van der Waals surface area contributed by atoms with Gasteiger partial charge in [-0.25, -0.2) is 9.78 Å². The number of ether oxygens (including phenoxy) is 2. The zero-order chi connectivity index (χ0) is 16.2. The van der Waals surface area contributed by atoms with Gasteiger partial charge >= 0.3 is 6.09 Å². The van der Waals surface area contributed by atoms with E-state index in [4.69, 9.17) is 4.74 Å². The summed E-state index contributed by atoms with van der Waals surface area (Å²) in [5.74, 6) is 0.770. The van der Waals surface area contributed by atoms with Crippen molar-refractivity contribution in [1.82, 2.24) is 4.98 Å². The summed E-state index contributed by atoms with van der Waals surface area (Å²) in [6.45, 7) is 2.40. The number of thiazole rings is 1. The maximum Gasteiger partial charge on any atom is 0.411 e. The number of carbonyl (C=O) groups excluding carboxylic acids is 1. The molecule has 3 rings (SSSR count). The maximum absolute atomic E-state index is 11.3. The van der Waals surface area contributed by atoms with Gasteiger partial charge in [0.15, 0.2) is 0 Å². The van der Waals surface area contributed by atoms with Crippen molar-refractivity contribution in [3.8, 4) is 5.75 Å². The summed E-state index contributed by atoms with van der Waals surface area (Å²) in [5.41, 5.74) is 2.90. The third kappa shape index (κ3) is 3.82. The van der Waals surface area contributed by atoms with Gasteiger partial charge in [0.2, 0.25) is 0 Å². The van der Waals surface area contributed by atoms with Crippen LogP contribution in [0.2, 0.25) is 0 Å². The number of hydrogen-bond acceptors (Lipinski definition) is 5. The Morgan fingerprint density at radius 1 is 1.35 bits per heavy atom. The Morgan fingerprint density at radius 2 is 2.17 bits per heavy atom. The summed E-state index contributed by atoms with van der Waals surface area (Å²) < 4.78 is 10.4. The molecule has 0 atom stereocenters. The first kappa shape index (κ1) is 15.8. The highest BCUT2D eigenvalue weighted by atomic mass is 32.1. The number of methoxy groups -OCH3 is 1. The van der Waals surface area contributed by atoms with Crippen LogP contribution in [0.4, 0.5) is 10.5 Å². The third-order valence-electron chi connectivity index (χ3n) is 3.87. The van der Waals surface area contributed by atoms with E-state index in [2.05, 4.69) is 15.0 Å². The average molecular weight is 332 g/mol. The second kappa shape index (κ2) is 7.00. The Morgan fingerprint density at radius 3 is 2.91 bits per heavy atom. The number of carbonyl (C=O) groups is 1. The Bertz CT molecular complexity index is 688. The lowest BCUT2D eigenvalue weighted by atomic mass is 10.0. The highest BCUT2D eigenvalue weighted by Crippen LogP contribution is 2.28. The minimum atomic E-state index is -0.477.